The van der Waals surface area contributed by atoms with Crippen LogP contribution in [-0.2, 0) is 14.3 Å². The number of anilines is 1. The molecule has 0 aromatic carbocycles. The van der Waals surface area contributed by atoms with Crippen molar-refractivity contribution in [2.75, 3.05) is 31.7 Å². The number of amides is 1. The van der Waals surface area contributed by atoms with Crippen LogP contribution in [0.25, 0.3) is 0 Å². The van der Waals surface area contributed by atoms with Crippen molar-refractivity contribution >= 4 is 11.6 Å². The third-order valence-corrected chi connectivity index (χ3v) is 3.70. The van der Waals surface area contributed by atoms with Crippen LogP contribution in [0.3, 0.4) is 0 Å². The van der Waals surface area contributed by atoms with Gasteiger partial charge in [-0.3, -0.25) is 4.79 Å². The molecule has 0 aliphatic heterocycles. The molecule has 0 spiro atoms. The molecule has 0 aliphatic rings. The Bertz CT molecular complexity index is 548. The van der Waals surface area contributed by atoms with Crippen molar-refractivity contribution in [2.24, 2.45) is 5.92 Å². The van der Waals surface area contributed by atoms with Crippen LogP contribution in [-0.4, -0.2) is 42.9 Å². The van der Waals surface area contributed by atoms with Gasteiger partial charge < -0.3 is 19.5 Å². The first-order chi connectivity index (χ1) is 11.8. The van der Waals surface area contributed by atoms with Crippen molar-refractivity contribution in [1.82, 2.24) is 4.98 Å². The summed E-state index contributed by atoms with van der Waals surface area (Å²) in [6.45, 7) is 13.8. The number of carbonyl (C=O) groups excluding carboxylic acids is 1. The van der Waals surface area contributed by atoms with Gasteiger partial charge >= 0.3 is 0 Å². The second-order valence-electron chi connectivity index (χ2n) is 6.61. The Labute approximate surface area is 151 Å². The van der Waals surface area contributed by atoms with E-state index in [1.54, 1.807) is 6.20 Å². The minimum absolute atomic E-state index is 0.158. The number of nitrogens with one attached hydrogen (secondary N) is 1. The largest absolute Gasteiger partial charge is 0.475 e. The fraction of sp³-hybridized carbons (Fsp3) is 0.684. The number of pyridine rings is 1. The first-order valence-electron chi connectivity index (χ1n) is 8.95. The van der Waals surface area contributed by atoms with Crippen LogP contribution in [0.5, 0.6) is 5.88 Å². The molecular formula is C19H32N2O4. The average Bonchev–Trinajstić information content (AvgIpc) is 2.52. The Hall–Kier alpha value is -1.66. The van der Waals surface area contributed by atoms with Crippen LogP contribution in [0.4, 0.5) is 5.69 Å². The molecular weight excluding hydrogens is 320 g/mol. The van der Waals surface area contributed by atoms with E-state index < -0.39 is 5.60 Å². The zero-order valence-corrected chi connectivity index (χ0v) is 16.3. The molecule has 1 amide bonds. The summed E-state index contributed by atoms with van der Waals surface area (Å²) in [5.74, 6) is 0.741. The van der Waals surface area contributed by atoms with Crippen molar-refractivity contribution < 1.29 is 19.0 Å². The molecule has 1 unspecified atom stereocenters. The van der Waals surface area contributed by atoms with Gasteiger partial charge in [0.05, 0.1) is 18.5 Å². The Balaban J connectivity index is 2.74. The van der Waals surface area contributed by atoms with Crippen LogP contribution in [0.2, 0.25) is 0 Å². The topological polar surface area (TPSA) is 69.7 Å². The Morgan fingerprint density at radius 1 is 1.28 bits per heavy atom. The zero-order chi connectivity index (χ0) is 18.9. The molecule has 1 aromatic heterocycles. The number of ether oxygens (including phenoxy) is 3. The number of hydrogen-bond donors (Lipinski definition) is 1. The lowest BCUT2D eigenvalue weighted by atomic mass is 9.93. The fourth-order valence-corrected chi connectivity index (χ4v) is 2.70. The van der Waals surface area contributed by atoms with Gasteiger partial charge in [-0.05, 0) is 46.1 Å². The summed E-state index contributed by atoms with van der Waals surface area (Å²) in [7, 11) is 0. The molecule has 0 fully saturated rings. The minimum Gasteiger partial charge on any atom is -0.475 e. The summed E-state index contributed by atoms with van der Waals surface area (Å²) in [5.41, 5.74) is 0.634. The molecule has 1 aromatic rings. The first-order valence-corrected chi connectivity index (χ1v) is 8.95. The molecule has 1 heterocycles. The van der Waals surface area contributed by atoms with Crippen molar-refractivity contribution in [3.8, 4) is 5.88 Å². The van der Waals surface area contributed by atoms with Gasteiger partial charge in [0, 0.05) is 18.8 Å². The lowest BCUT2D eigenvalue weighted by Gasteiger charge is -2.29. The Kier molecular flexibility index (Phi) is 8.86. The molecule has 1 atom stereocenters. The van der Waals surface area contributed by atoms with Gasteiger partial charge in [0.1, 0.15) is 12.2 Å². The SMILES string of the molecule is CCOCCOc1ncc(NC(=O)C(C)(CC(C)C)OCC)cc1C. The molecule has 25 heavy (non-hydrogen) atoms. The predicted molar refractivity (Wildman–Crippen MR) is 99.1 cm³/mol. The van der Waals surface area contributed by atoms with Crippen LogP contribution in [0.1, 0.15) is 46.6 Å². The van der Waals surface area contributed by atoms with Crippen molar-refractivity contribution in [2.45, 2.75) is 53.6 Å². The van der Waals surface area contributed by atoms with E-state index in [1.807, 2.05) is 33.8 Å². The van der Waals surface area contributed by atoms with Crippen LogP contribution in [0.15, 0.2) is 12.3 Å². The van der Waals surface area contributed by atoms with E-state index in [1.165, 1.54) is 0 Å². The van der Waals surface area contributed by atoms with Gasteiger partial charge in [-0.15, -0.1) is 0 Å². The Morgan fingerprint density at radius 2 is 2.00 bits per heavy atom. The molecule has 0 aliphatic carbocycles. The van der Waals surface area contributed by atoms with Crippen LogP contribution < -0.4 is 10.1 Å². The number of nitrogens with zero attached hydrogens (tertiary/aromatic N) is 1. The number of aromatic nitrogens is 1. The summed E-state index contributed by atoms with van der Waals surface area (Å²) in [6.07, 6.45) is 2.25. The maximum atomic E-state index is 12.7. The summed E-state index contributed by atoms with van der Waals surface area (Å²) < 4.78 is 16.6. The molecule has 1 rings (SSSR count). The van der Waals surface area contributed by atoms with E-state index in [0.717, 1.165) is 5.56 Å². The fourth-order valence-electron chi connectivity index (χ4n) is 2.70. The summed E-state index contributed by atoms with van der Waals surface area (Å²) >= 11 is 0. The highest BCUT2D eigenvalue weighted by Crippen LogP contribution is 2.24. The van der Waals surface area contributed by atoms with Gasteiger partial charge in [-0.2, -0.15) is 0 Å². The minimum atomic E-state index is -0.858. The van der Waals surface area contributed by atoms with E-state index in [0.29, 0.717) is 50.3 Å². The molecule has 6 heteroatoms. The first kappa shape index (κ1) is 21.4. The third kappa shape index (κ3) is 7.00. The average molecular weight is 352 g/mol. The highest BCUT2D eigenvalue weighted by molar-refractivity contribution is 5.97. The third-order valence-electron chi connectivity index (χ3n) is 3.70. The van der Waals surface area contributed by atoms with Crippen LogP contribution in [0, 0.1) is 12.8 Å². The number of carbonyl (C=O) groups is 1. The van der Waals surface area contributed by atoms with Crippen molar-refractivity contribution in [1.29, 1.82) is 0 Å². The van der Waals surface area contributed by atoms with Gasteiger partial charge in [0.15, 0.2) is 0 Å². The number of aryl methyl sites for hydroxylation is 1. The second-order valence-corrected chi connectivity index (χ2v) is 6.61. The monoisotopic (exact) mass is 352 g/mol. The standard InChI is InChI=1S/C19H32N2O4/c1-7-23-9-10-24-17-15(5)11-16(13-20-17)21-18(22)19(6,25-8-2)12-14(3)4/h11,13-14H,7-10,12H2,1-6H3,(H,21,22). The molecule has 0 saturated carbocycles. The zero-order valence-electron chi connectivity index (χ0n) is 16.3. The molecule has 0 radical (unpaired) electrons. The summed E-state index contributed by atoms with van der Waals surface area (Å²) in [5, 5.41) is 2.91. The second kappa shape index (κ2) is 10.4. The van der Waals surface area contributed by atoms with Crippen molar-refractivity contribution in [3.63, 3.8) is 0 Å². The lowest BCUT2D eigenvalue weighted by Crippen LogP contribution is -2.44. The summed E-state index contributed by atoms with van der Waals surface area (Å²) in [6, 6.07) is 1.85. The van der Waals surface area contributed by atoms with Gasteiger partial charge in [0.25, 0.3) is 5.91 Å². The van der Waals surface area contributed by atoms with Gasteiger partial charge in [0.2, 0.25) is 5.88 Å². The van der Waals surface area contributed by atoms with E-state index in [2.05, 4.69) is 24.1 Å². The maximum Gasteiger partial charge on any atom is 0.256 e. The molecule has 6 nitrogen and oxygen atoms in total. The molecule has 0 saturated heterocycles. The van der Waals surface area contributed by atoms with E-state index >= 15 is 0 Å². The normalized spacial score (nSPS) is 13.6. The number of hydrogen-bond acceptors (Lipinski definition) is 5. The molecule has 0 bridgehead atoms. The van der Waals surface area contributed by atoms with Gasteiger partial charge in [-0.25, -0.2) is 4.98 Å². The van der Waals surface area contributed by atoms with E-state index in [9.17, 15) is 4.79 Å². The molecule has 1 N–H and O–H groups in total. The number of rotatable bonds is 11. The highest BCUT2D eigenvalue weighted by Gasteiger charge is 2.34. The van der Waals surface area contributed by atoms with E-state index in [4.69, 9.17) is 14.2 Å². The predicted octanol–water partition coefficient (Wildman–Crippen LogP) is 3.59. The molecule has 142 valence electrons. The van der Waals surface area contributed by atoms with Crippen LogP contribution >= 0.6 is 0 Å². The van der Waals surface area contributed by atoms with Gasteiger partial charge in [-0.1, -0.05) is 13.8 Å². The highest BCUT2D eigenvalue weighted by atomic mass is 16.5. The Morgan fingerprint density at radius 3 is 2.56 bits per heavy atom. The quantitative estimate of drug-likeness (QED) is 0.616. The maximum absolute atomic E-state index is 12.7. The van der Waals surface area contributed by atoms with E-state index in [-0.39, 0.29) is 5.91 Å². The van der Waals surface area contributed by atoms with Crippen molar-refractivity contribution in [3.05, 3.63) is 17.8 Å². The summed E-state index contributed by atoms with van der Waals surface area (Å²) in [4.78, 5) is 17.0. The smallest absolute Gasteiger partial charge is 0.256 e. The lowest BCUT2D eigenvalue weighted by molar-refractivity contribution is -0.140.